The summed E-state index contributed by atoms with van der Waals surface area (Å²) in [5, 5.41) is 21.0. The van der Waals surface area contributed by atoms with Gasteiger partial charge < -0.3 is 20.4 Å². The molecule has 0 aliphatic carbocycles. The van der Waals surface area contributed by atoms with Crippen molar-refractivity contribution in [3.8, 4) is 11.1 Å². The number of carbonyl (C=O) groups is 2. The highest BCUT2D eigenvalue weighted by Gasteiger charge is 2.29. The van der Waals surface area contributed by atoms with Crippen molar-refractivity contribution in [3.63, 3.8) is 0 Å². The van der Waals surface area contributed by atoms with Crippen molar-refractivity contribution in [1.82, 2.24) is 15.2 Å². The van der Waals surface area contributed by atoms with Gasteiger partial charge in [0.2, 0.25) is 0 Å². The SMILES string of the molecule is O=C(NC1=CN([C@H](F)C(=O)O)C(O)C=C1)c1cccc(-c2cccnc2)c1. The predicted molar refractivity (Wildman–Crippen MR) is 94.7 cm³/mol. The van der Waals surface area contributed by atoms with Crippen LogP contribution in [0.4, 0.5) is 4.39 Å². The second-order valence-corrected chi connectivity index (χ2v) is 5.76. The number of carbonyl (C=O) groups excluding carboxylic acids is 1. The smallest absolute Gasteiger partial charge is 0.359 e. The molecule has 0 spiro atoms. The van der Waals surface area contributed by atoms with Gasteiger partial charge in [-0.15, -0.1) is 0 Å². The van der Waals surface area contributed by atoms with Gasteiger partial charge in [-0.25, -0.2) is 9.18 Å². The number of aliphatic hydroxyl groups excluding tert-OH is 1. The number of halogens is 1. The highest BCUT2D eigenvalue weighted by Crippen LogP contribution is 2.20. The molecular weight excluding hydrogens is 353 g/mol. The number of alkyl halides is 1. The molecule has 1 unspecified atom stereocenters. The molecule has 1 aromatic carbocycles. The lowest BCUT2D eigenvalue weighted by molar-refractivity contribution is -0.153. The lowest BCUT2D eigenvalue weighted by Gasteiger charge is -2.29. The Morgan fingerprint density at radius 2 is 2.00 bits per heavy atom. The van der Waals surface area contributed by atoms with Gasteiger partial charge in [-0.1, -0.05) is 18.2 Å². The van der Waals surface area contributed by atoms with E-state index in [-0.39, 0.29) is 5.70 Å². The maximum absolute atomic E-state index is 13.7. The summed E-state index contributed by atoms with van der Waals surface area (Å²) in [6.07, 6.45) is 3.05. The van der Waals surface area contributed by atoms with Crippen LogP contribution in [-0.4, -0.2) is 44.5 Å². The van der Waals surface area contributed by atoms with Gasteiger partial charge in [-0.05, 0) is 35.9 Å². The fourth-order valence-electron chi connectivity index (χ4n) is 2.55. The van der Waals surface area contributed by atoms with Crippen LogP contribution in [0, 0.1) is 0 Å². The Labute approximate surface area is 154 Å². The monoisotopic (exact) mass is 369 g/mol. The van der Waals surface area contributed by atoms with Crippen molar-refractivity contribution < 1.29 is 24.2 Å². The lowest BCUT2D eigenvalue weighted by Crippen LogP contribution is -2.43. The van der Waals surface area contributed by atoms with E-state index in [0.29, 0.717) is 10.5 Å². The molecule has 27 heavy (non-hydrogen) atoms. The number of hydrogen-bond donors (Lipinski definition) is 3. The Morgan fingerprint density at radius 1 is 1.22 bits per heavy atom. The van der Waals surface area contributed by atoms with Gasteiger partial charge in [0.1, 0.15) is 6.23 Å². The first-order chi connectivity index (χ1) is 13.0. The van der Waals surface area contributed by atoms with Crippen LogP contribution in [0.2, 0.25) is 0 Å². The number of hydrogen-bond acceptors (Lipinski definition) is 5. The number of rotatable bonds is 5. The molecule has 1 aromatic heterocycles. The number of carboxylic acids is 1. The average molecular weight is 369 g/mol. The zero-order valence-electron chi connectivity index (χ0n) is 14.0. The summed E-state index contributed by atoms with van der Waals surface area (Å²) in [7, 11) is 0. The number of pyridine rings is 1. The third-order valence-electron chi connectivity index (χ3n) is 3.88. The van der Waals surface area contributed by atoms with E-state index in [1.165, 1.54) is 12.2 Å². The maximum atomic E-state index is 13.7. The first-order valence-corrected chi connectivity index (χ1v) is 8.00. The highest BCUT2D eigenvalue weighted by molar-refractivity contribution is 5.96. The van der Waals surface area contributed by atoms with Crippen LogP contribution in [0.25, 0.3) is 11.1 Å². The van der Waals surface area contributed by atoms with E-state index in [1.807, 2.05) is 12.1 Å². The molecule has 1 aliphatic heterocycles. The number of allylic oxidation sites excluding steroid dienone is 1. The van der Waals surface area contributed by atoms with Crippen molar-refractivity contribution >= 4 is 11.9 Å². The summed E-state index contributed by atoms with van der Waals surface area (Å²) >= 11 is 0. The lowest BCUT2D eigenvalue weighted by atomic mass is 10.0. The first kappa shape index (κ1) is 18.3. The van der Waals surface area contributed by atoms with Crippen molar-refractivity contribution in [2.75, 3.05) is 0 Å². The Balaban J connectivity index is 1.78. The number of nitrogens with zero attached hydrogens (tertiary/aromatic N) is 2. The second kappa shape index (κ2) is 7.79. The maximum Gasteiger partial charge on any atom is 0.359 e. The van der Waals surface area contributed by atoms with Crippen LogP contribution >= 0.6 is 0 Å². The molecule has 1 aliphatic rings. The molecule has 1 amide bonds. The van der Waals surface area contributed by atoms with Gasteiger partial charge in [0, 0.05) is 29.7 Å². The van der Waals surface area contributed by atoms with Crippen LogP contribution in [0.15, 0.2) is 72.8 Å². The summed E-state index contributed by atoms with van der Waals surface area (Å²) in [5.41, 5.74) is 2.16. The molecule has 0 radical (unpaired) electrons. The van der Waals surface area contributed by atoms with Crippen LogP contribution < -0.4 is 5.32 Å². The molecule has 138 valence electrons. The molecule has 0 saturated carbocycles. The number of benzene rings is 1. The van der Waals surface area contributed by atoms with Gasteiger partial charge in [0.05, 0.1) is 5.70 Å². The molecule has 3 rings (SSSR count). The fraction of sp³-hybridized carbons (Fsp3) is 0.105. The zero-order chi connectivity index (χ0) is 19.4. The van der Waals surface area contributed by atoms with E-state index in [0.717, 1.165) is 17.3 Å². The van der Waals surface area contributed by atoms with E-state index in [9.17, 15) is 19.1 Å². The Bertz CT molecular complexity index is 914. The van der Waals surface area contributed by atoms with Crippen molar-refractivity contribution in [1.29, 1.82) is 0 Å². The topological polar surface area (TPSA) is 103 Å². The Hall–Kier alpha value is -3.52. The quantitative estimate of drug-likeness (QED) is 0.696. The number of aliphatic hydroxyl groups is 1. The molecule has 0 fully saturated rings. The molecule has 7 nitrogen and oxygen atoms in total. The molecule has 2 atom stereocenters. The van der Waals surface area contributed by atoms with Gasteiger partial charge in [0.25, 0.3) is 12.2 Å². The van der Waals surface area contributed by atoms with Crippen molar-refractivity contribution in [2.24, 2.45) is 0 Å². The average Bonchev–Trinajstić information content (AvgIpc) is 2.69. The van der Waals surface area contributed by atoms with Gasteiger partial charge in [-0.2, -0.15) is 0 Å². The number of aliphatic carboxylic acids is 1. The molecule has 0 saturated heterocycles. The van der Waals surface area contributed by atoms with Crippen LogP contribution in [0.3, 0.4) is 0 Å². The number of aromatic nitrogens is 1. The van der Waals surface area contributed by atoms with Crippen molar-refractivity contribution in [2.45, 2.75) is 12.5 Å². The highest BCUT2D eigenvalue weighted by atomic mass is 19.1. The predicted octanol–water partition coefficient (Wildman–Crippen LogP) is 1.89. The van der Waals surface area contributed by atoms with E-state index < -0.39 is 24.4 Å². The molecule has 2 heterocycles. The Kier molecular flexibility index (Phi) is 5.28. The van der Waals surface area contributed by atoms with E-state index in [4.69, 9.17) is 5.11 Å². The third-order valence-corrected chi connectivity index (χ3v) is 3.88. The molecule has 3 N–H and O–H groups in total. The van der Waals surface area contributed by atoms with Crippen molar-refractivity contribution in [3.05, 3.63) is 78.4 Å². The van der Waals surface area contributed by atoms with E-state index in [1.54, 1.807) is 36.7 Å². The first-order valence-electron chi connectivity index (χ1n) is 8.00. The summed E-state index contributed by atoms with van der Waals surface area (Å²) in [4.78, 5) is 27.9. The molecule has 0 bridgehead atoms. The molecule has 2 aromatic rings. The van der Waals surface area contributed by atoms with Crippen LogP contribution in [-0.2, 0) is 4.79 Å². The number of amides is 1. The third kappa shape index (κ3) is 4.18. The van der Waals surface area contributed by atoms with Crippen LogP contribution in [0.1, 0.15) is 10.4 Å². The number of carboxylic acid groups (broad SMARTS) is 1. The van der Waals surface area contributed by atoms with Gasteiger partial charge in [0.15, 0.2) is 0 Å². The summed E-state index contributed by atoms with van der Waals surface area (Å²) in [6, 6.07) is 10.5. The Morgan fingerprint density at radius 3 is 2.70 bits per heavy atom. The summed E-state index contributed by atoms with van der Waals surface area (Å²) in [5.74, 6) is -2.20. The molecular formula is C19H16FN3O4. The summed E-state index contributed by atoms with van der Waals surface area (Å²) < 4.78 is 13.7. The standard InChI is InChI=1S/C19H16FN3O4/c20-17(19(26)27)23-11-15(6-7-16(23)24)22-18(25)13-4-1-3-12(9-13)14-5-2-8-21-10-14/h1-11,16-17,24H,(H,22,25)(H,26,27)/t16?,17-/m0/s1. The largest absolute Gasteiger partial charge is 0.478 e. The minimum Gasteiger partial charge on any atom is -0.478 e. The second-order valence-electron chi connectivity index (χ2n) is 5.76. The zero-order valence-corrected chi connectivity index (χ0v) is 14.0. The normalized spacial score (nSPS) is 17.2. The van der Waals surface area contributed by atoms with Gasteiger partial charge in [-0.3, -0.25) is 9.78 Å². The van der Waals surface area contributed by atoms with Crippen LogP contribution in [0.5, 0.6) is 0 Å². The van der Waals surface area contributed by atoms with Gasteiger partial charge >= 0.3 is 5.97 Å². The fourth-order valence-corrected chi connectivity index (χ4v) is 2.55. The summed E-state index contributed by atoms with van der Waals surface area (Å²) in [6.45, 7) is 0. The molecule has 8 heteroatoms. The van der Waals surface area contributed by atoms with E-state index in [2.05, 4.69) is 10.3 Å². The minimum atomic E-state index is -2.44. The number of nitrogens with one attached hydrogen (secondary N) is 1. The van der Waals surface area contributed by atoms with E-state index >= 15 is 0 Å². The minimum absolute atomic E-state index is 0.154.